The smallest absolute Gasteiger partial charge is 0.260 e. The van der Waals surface area contributed by atoms with E-state index >= 15 is 0 Å². The molecule has 24 heavy (non-hydrogen) atoms. The number of sulfonamides is 1. The summed E-state index contributed by atoms with van der Waals surface area (Å²) < 4.78 is 32.3. The highest BCUT2D eigenvalue weighted by atomic mass is 32.2. The van der Waals surface area contributed by atoms with Crippen LogP contribution in [0.25, 0.3) is 0 Å². The molecule has 1 aliphatic heterocycles. The van der Waals surface area contributed by atoms with Crippen LogP contribution in [0.1, 0.15) is 46.6 Å². The number of nitrogens with zero attached hydrogens (tertiary/aromatic N) is 3. The van der Waals surface area contributed by atoms with Gasteiger partial charge in [-0.05, 0) is 32.8 Å². The normalized spacial score (nSPS) is 25.5. The van der Waals surface area contributed by atoms with Crippen LogP contribution in [-0.4, -0.2) is 41.1 Å². The van der Waals surface area contributed by atoms with Gasteiger partial charge in [0.25, 0.3) is 5.89 Å². The Hall–Kier alpha value is -1.29. The Morgan fingerprint density at radius 1 is 1.42 bits per heavy atom. The molecule has 0 spiro atoms. The van der Waals surface area contributed by atoms with Crippen LogP contribution in [0.15, 0.2) is 15.5 Å². The van der Waals surface area contributed by atoms with E-state index in [0.717, 1.165) is 22.6 Å². The molecule has 1 atom stereocenters. The predicted molar refractivity (Wildman–Crippen MR) is 87.3 cm³/mol. The topological polar surface area (TPSA) is 96.5 Å². The minimum Gasteiger partial charge on any atom is -0.379 e. The van der Waals surface area contributed by atoms with Gasteiger partial charge in [-0.25, -0.2) is 8.42 Å². The fourth-order valence-electron chi connectivity index (χ4n) is 3.07. The molecule has 0 bridgehead atoms. The average Bonchev–Trinajstić information content (AvgIpc) is 2.95. The lowest BCUT2D eigenvalue weighted by Crippen LogP contribution is -2.34. The van der Waals surface area contributed by atoms with Gasteiger partial charge in [-0.2, -0.15) is 9.29 Å². The molecule has 9 heteroatoms. The first-order chi connectivity index (χ1) is 11.3. The minimum absolute atomic E-state index is 0.0596. The van der Waals surface area contributed by atoms with E-state index in [4.69, 9.17) is 4.52 Å². The van der Waals surface area contributed by atoms with Crippen molar-refractivity contribution in [3.8, 4) is 0 Å². The number of aromatic nitrogens is 2. The summed E-state index contributed by atoms with van der Waals surface area (Å²) in [4.78, 5) is 6.32. The molecule has 0 radical (unpaired) electrons. The molecule has 0 aromatic carbocycles. The number of aryl methyl sites for hydroxylation is 2. The summed E-state index contributed by atoms with van der Waals surface area (Å²) in [5, 5.41) is 14.8. The zero-order valence-corrected chi connectivity index (χ0v) is 15.2. The van der Waals surface area contributed by atoms with Gasteiger partial charge in [0.1, 0.15) is 0 Å². The number of hydrogen-bond acceptors (Lipinski definition) is 7. The molecule has 4 rings (SSSR count). The Kier molecular flexibility index (Phi) is 3.61. The fraction of sp³-hybridized carbons (Fsp3) is 0.600. The Balaban J connectivity index is 1.59. The highest BCUT2D eigenvalue weighted by Crippen LogP contribution is 2.40. The minimum atomic E-state index is -3.63. The second-order valence-electron chi connectivity index (χ2n) is 6.63. The van der Waals surface area contributed by atoms with E-state index in [2.05, 4.69) is 10.1 Å². The largest absolute Gasteiger partial charge is 0.379 e. The van der Waals surface area contributed by atoms with Crippen LogP contribution >= 0.6 is 11.3 Å². The molecule has 1 saturated heterocycles. The summed E-state index contributed by atoms with van der Waals surface area (Å²) >= 11 is 1.46. The van der Waals surface area contributed by atoms with Crippen LogP contribution in [0.5, 0.6) is 0 Å². The Bertz CT molecular complexity index is 884. The second kappa shape index (κ2) is 5.35. The Labute approximate surface area is 144 Å². The van der Waals surface area contributed by atoms with Gasteiger partial charge in [0.15, 0.2) is 11.4 Å². The van der Waals surface area contributed by atoms with Crippen LogP contribution in [0.3, 0.4) is 0 Å². The van der Waals surface area contributed by atoms with Gasteiger partial charge in [0, 0.05) is 28.6 Å². The Morgan fingerprint density at radius 2 is 2.17 bits per heavy atom. The van der Waals surface area contributed by atoms with Gasteiger partial charge in [0.2, 0.25) is 10.0 Å². The van der Waals surface area contributed by atoms with Gasteiger partial charge in [-0.15, -0.1) is 11.3 Å². The number of hydrogen-bond donors (Lipinski definition) is 1. The lowest BCUT2D eigenvalue weighted by molar-refractivity contribution is 0.0194. The van der Waals surface area contributed by atoms with E-state index in [1.807, 2.05) is 6.92 Å². The third-order valence-electron chi connectivity index (χ3n) is 4.61. The predicted octanol–water partition coefficient (Wildman–Crippen LogP) is 1.91. The van der Waals surface area contributed by atoms with Crippen LogP contribution in [0.2, 0.25) is 0 Å². The van der Waals surface area contributed by atoms with E-state index in [-0.39, 0.29) is 25.4 Å². The number of aliphatic hydroxyl groups is 1. The summed E-state index contributed by atoms with van der Waals surface area (Å²) in [5.74, 6) is 1.06. The third kappa shape index (κ3) is 2.59. The van der Waals surface area contributed by atoms with Gasteiger partial charge < -0.3 is 9.63 Å². The van der Waals surface area contributed by atoms with Crippen molar-refractivity contribution in [1.82, 2.24) is 14.4 Å². The molecule has 2 aromatic heterocycles. The summed E-state index contributed by atoms with van der Waals surface area (Å²) in [5.41, 5.74) is -1.41. The quantitative estimate of drug-likeness (QED) is 0.884. The van der Waals surface area contributed by atoms with E-state index < -0.39 is 15.6 Å². The molecule has 0 amide bonds. The van der Waals surface area contributed by atoms with E-state index in [9.17, 15) is 13.5 Å². The lowest BCUT2D eigenvalue weighted by Gasteiger charge is -2.19. The third-order valence-corrected chi connectivity index (χ3v) is 7.67. The van der Waals surface area contributed by atoms with Crippen molar-refractivity contribution in [2.24, 2.45) is 0 Å². The molecule has 0 unspecified atom stereocenters. The zero-order valence-electron chi connectivity index (χ0n) is 13.5. The first-order valence-electron chi connectivity index (χ1n) is 7.93. The summed E-state index contributed by atoms with van der Waals surface area (Å²) in [6.07, 6.45) is 2.32. The first kappa shape index (κ1) is 16.2. The van der Waals surface area contributed by atoms with Crippen molar-refractivity contribution in [2.75, 3.05) is 13.1 Å². The molecule has 1 N–H and O–H groups in total. The molecule has 1 aliphatic carbocycles. The van der Waals surface area contributed by atoms with Crippen LogP contribution in [0, 0.1) is 13.8 Å². The molecule has 2 fully saturated rings. The maximum absolute atomic E-state index is 12.9. The van der Waals surface area contributed by atoms with E-state index in [1.165, 1.54) is 15.6 Å². The fourth-order valence-corrected chi connectivity index (χ4v) is 6.09. The standard InChI is InChI=1S/C15H19N3O4S2/c1-9-7-12(10(2)23-9)24(20,21)18-6-5-15(19,8-18)14-16-13(17-22-14)11-3-4-11/h7,11,19H,3-6,8H2,1-2H3/t15-/m0/s1. The molecular weight excluding hydrogens is 350 g/mol. The van der Waals surface area contributed by atoms with Gasteiger partial charge >= 0.3 is 0 Å². The van der Waals surface area contributed by atoms with Crippen LogP contribution < -0.4 is 0 Å². The van der Waals surface area contributed by atoms with Gasteiger partial charge in [0.05, 0.1) is 11.4 Å². The van der Waals surface area contributed by atoms with Crippen LogP contribution in [0.4, 0.5) is 0 Å². The summed E-state index contributed by atoms with van der Waals surface area (Å²) in [7, 11) is -3.63. The molecule has 3 heterocycles. The number of thiophene rings is 1. The maximum Gasteiger partial charge on any atom is 0.260 e. The van der Waals surface area contributed by atoms with Crippen molar-refractivity contribution >= 4 is 21.4 Å². The zero-order chi connectivity index (χ0) is 17.1. The van der Waals surface area contributed by atoms with Crippen molar-refractivity contribution in [2.45, 2.75) is 49.5 Å². The van der Waals surface area contributed by atoms with Gasteiger partial charge in [-0.3, -0.25) is 0 Å². The van der Waals surface area contributed by atoms with Gasteiger partial charge in [-0.1, -0.05) is 5.16 Å². The second-order valence-corrected chi connectivity index (χ2v) is 10.00. The van der Waals surface area contributed by atoms with Crippen molar-refractivity contribution in [3.05, 3.63) is 27.5 Å². The molecule has 1 saturated carbocycles. The summed E-state index contributed by atoms with van der Waals surface area (Å²) in [6.45, 7) is 3.85. The highest BCUT2D eigenvalue weighted by molar-refractivity contribution is 7.89. The van der Waals surface area contributed by atoms with E-state index in [1.54, 1.807) is 13.0 Å². The molecule has 2 aromatic rings. The average molecular weight is 369 g/mol. The van der Waals surface area contributed by atoms with Crippen molar-refractivity contribution < 1.29 is 18.0 Å². The molecular formula is C15H19N3O4S2. The Morgan fingerprint density at radius 3 is 2.79 bits per heavy atom. The number of rotatable bonds is 4. The highest BCUT2D eigenvalue weighted by Gasteiger charge is 2.47. The number of β-amino-alcohol motifs (C(OH)–C–C–N with tert-alkyl or cyclic N) is 1. The van der Waals surface area contributed by atoms with Crippen LogP contribution in [-0.2, 0) is 15.6 Å². The van der Waals surface area contributed by atoms with Crippen molar-refractivity contribution in [3.63, 3.8) is 0 Å². The van der Waals surface area contributed by atoms with Crippen molar-refractivity contribution in [1.29, 1.82) is 0 Å². The monoisotopic (exact) mass is 369 g/mol. The summed E-state index contributed by atoms with van der Waals surface area (Å²) in [6, 6.07) is 1.69. The first-order valence-corrected chi connectivity index (χ1v) is 10.2. The van der Waals surface area contributed by atoms with E-state index in [0.29, 0.717) is 16.6 Å². The SMILES string of the molecule is Cc1cc(S(=O)(=O)N2CC[C@@](O)(c3nc(C4CC4)no3)C2)c(C)s1. The maximum atomic E-state index is 12.9. The lowest BCUT2D eigenvalue weighted by atomic mass is 10.0. The molecule has 2 aliphatic rings. The molecule has 7 nitrogen and oxygen atoms in total. The molecule has 130 valence electrons.